The zero-order chi connectivity index (χ0) is 14.9. The van der Waals surface area contributed by atoms with Crippen LogP contribution < -0.4 is 0 Å². The van der Waals surface area contributed by atoms with Crippen LogP contribution in [0.3, 0.4) is 0 Å². The van der Waals surface area contributed by atoms with E-state index in [2.05, 4.69) is 0 Å². The monoisotopic (exact) mass is 304 g/mol. The van der Waals surface area contributed by atoms with Gasteiger partial charge < -0.3 is 5.11 Å². The highest BCUT2D eigenvalue weighted by Gasteiger charge is 2.34. The van der Waals surface area contributed by atoms with Gasteiger partial charge in [-0.2, -0.15) is 13.2 Å². The Balaban J connectivity index is 2.37. The maximum Gasteiger partial charge on any atom is 0.419 e. The van der Waals surface area contributed by atoms with Crippen molar-refractivity contribution in [1.82, 2.24) is 0 Å². The summed E-state index contributed by atoms with van der Waals surface area (Å²) in [6.07, 6.45) is -6.01. The van der Waals surface area contributed by atoms with Crippen molar-refractivity contribution in [3.63, 3.8) is 0 Å². The molecule has 2 aromatic carbocycles. The van der Waals surface area contributed by atoms with Crippen LogP contribution in [-0.2, 0) is 6.18 Å². The largest absolute Gasteiger partial charge is 0.419 e. The highest BCUT2D eigenvalue weighted by atomic mass is 35.5. The van der Waals surface area contributed by atoms with Crippen molar-refractivity contribution in [3.8, 4) is 0 Å². The maximum atomic E-state index is 13.4. The third kappa shape index (κ3) is 3.11. The number of aliphatic hydroxyl groups is 1. The first kappa shape index (κ1) is 14.8. The Kier molecular flexibility index (Phi) is 4.01. The van der Waals surface area contributed by atoms with E-state index in [1.165, 1.54) is 6.07 Å². The molecule has 0 bridgehead atoms. The molecule has 1 unspecified atom stereocenters. The van der Waals surface area contributed by atoms with Crippen LogP contribution in [0.5, 0.6) is 0 Å². The minimum Gasteiger partial charge on any atom is -0.384 e. The summed E-state index contributed by atoms with van der Waals surface area (Å²) in [6.45, 7) is 0. The van der Waals surface area contributed by atoms with Crippen LogP contribution >= 0.6 is 11.6 Å². The fourth-order valence-corrected chi connectivity index (χ4v) is 2.00. The zero-order valence-electron chi connectivity index (χ0n) is 9.96. The third-order valence-corrected chi connectivity index (χ3v) is 3.01. The number of aliphatic hydroxyl groups excluding tert-OH is 1. The van der Waals surface area contributed by atoms with E-state index in [-0.39, 0.29) is 5.56 Å². The molecule has 0 aliphatic rings. The maximum absolute atomic E-state index is 13.4. The first-order chi connectivity index (χ1) is 9.29. The summed E-state index contributed by atoms with van der Waals surface area (Å²) in [5, 5.41) is 10.4. The van der Waals surface area contributed by atoms with E-state index in [1.807, 2.05) is 0 Å². The van der Waals surface area contributed by atoms with E-state index < -0.39 is 23.7 Å². The van der Waals surface area contributed by atoms with Crippen LogP contribution in [0.25, 0.3) is 0 Å². The number of hydrogen-bond acceptors (Lipinski definition) is 1. The predicted octanol–water partition coefficient (Wildman–Crippen LogP) is 4.58. The molecule has 1 N–H and O–H groups in total. The Morgan fingerprint density at radius 1 is 1.00 bits per heavy atom. The van der Waals surface area contributed by atoms with E-state index in [9.17, 15) is 22.7 Å². The molecular formula is C14H9ClF4O. The standard InChI is InChI=1S/C14H9ClF4O/c15-10-3-1-2-8(6-10)13(20)9-4-5-11(12(16)7-9)14(17,18)19/h1-7,13,20H. The molecule has 0 spiro atoms. The highest BCUT2D eigenvalue weighted by molar-refractivity contribution is 6.30. The number of alkyl halides is 3. The lowest BCUT2D eigenvalue weighted by molar-refractivity contribution is -0.140. The van der Waals surface area contributed by atoms with Crippen LogP contribution in [0.15, 0.2) is 42.5 Å². The van der Waals surface area contributed by atoms with Gasteiger partial charge in [0.15, 0.2) is 0 Å². The Hall–Kier alpha value is -1.59. The summed E-state index contributed by atoms with van der Waals surface area (Å²) in [7, 11) is 0. The minimum absolute atomic E-state index is 0.0257. The van der Waals surface area contributed by atoms with Gasteiger partial charge in [0, 0.05) is 5.02 Å². The molecule has 0 heterocycles. The molecule has 106 valence electrons. The van der Waals surface area contributed by atoms with Crippen molar-refractivity contribution in [2.24, 2.45) is 0 Å². The first-order valence-electron chi connectivity index (χ1n) is 5.59. The van der Waals surface area contributed by atoms with Gasteiger partial charge in [-0.3, -0.25) is 0 Å². The lowest BCUT2D eigenvalue weighted by atomic mass is 10.00. The van der Waals surface area contributed by atoms with Crippen molar-refractivity contribution in [2.45, 2.75) is 12.3 Å². The molecule has 0 saturated carbocycles. The predicted molar refractivity (Wildman–Crippen MR) is 66.9 cm³/mol. The quantitative estimate of drug-likeness (QED) is 0.805. The molecule has 0 saturated heterocycles. The Labute approximate surface area is 117 Å². The van der Waals surface area contributed by atoms with E-state index >= 15 is 0 Å². The summed E-state index contributed by atoms with van der Waals surface area (Å²) in [4.78, 5) is 0. The fraction of sp³-hybridized carbons (Fsp3) is 0.143. The topological polar surface area (TPSA) is 20.2 Å². The molecule has 2 rings (SSSR count). The van der Waals surface area contributed by atoms with Crippen molar-refractivity contribution < 1.29 is 22.7 Å². The van der Waals surface area contributed by atoms with Crippen molar-refractivity contribution in [2.75, 3.05) is 0 Å². The number of rotatable bonds is 2. The molecule has 0 amide bonds. The van der Waals surface area contributed by atoms with Crippen molar-refractivity contribution in [3.05, 3.63) is 70.0 Å². The van der Waals surface area contributed by atoms with Crippen LogP contribution in [0.1, 0.15) is 22.8 Å². The van der Waals surface area contributed by atoms with Crippen LogP contribution in [-0.4, -0.2) is 5.11 Å². The smallest absolute Gasteiger partial charge is 0.384 e. The molecule has 0 radical (unpaired) electrons. The third-order valence-electron chi connectivity index (χ3n) is 2.78. The van der Waals surface area contributed by atoms with Gasteiger partial charge in [-0.05, 0) is 35.4 Å². The normalized spacial score (nSPS) is 13.3. The molecule has 0 aliphatic carbocycles. The molecule has 0 aliphatic heterocycles. The minimum atomic E-state index is -4.76. The highest BCUT2D eigenvalue weighted by Crippen LogP contribution is 2.33. The Morgan fingerprint density at radius 3 is 2.20 bits per heavy atom. The molecule has 1 atom stereocenters. The lowest BCUT2D eigenvalue weighted by Crippen LogP contribution is -2.09. The second kappa shape index (κ2) is 5.42. The van der Waals surface area contributed by atoms with Gasteiger partial charge in [0.1, 0.15) is 11.9 Å². The van der Waals surface area contributed by atoms with Crippen LogP contribution in [0.2, 0.25) is 5.02 Å². The molecule has 0 fully saturated rings. The summed E-state index contributed by atoms with van der Waals surface area (Å²) in [5.74, 6) is -1.42. The van der Waals surface area contributed by atoms with E-state index in [1.54, 1.807) is 18.2 Å². The molecule has 6 heteroatoms. The Morgan fingerprint density at radius 2 is 1.65 bits per heavy atom. The SMILES string of the molecule is OC(c1cccc(Cl)c1)c1ccc(C(F)(F)F)c(F)c1. The van der Waals surface area contributed by atoms with E-state index in [4.69, 9.17) is 11.6 Å². The van der Waals surface area contributed by atoms with Crippen LogP contribution in [0.4, 0.5) is 17.6 Å². The van der Waals surface area contributed by atoms with Gasteiger partial charge >= 0.3 is 6.18 Å². The first-order valence-corrected chi connectivity index (χ1v) is 5.97. The van der Waals surface area contributed by atoms with Gasteiger partial charge in [-0.25, -0.2) is 4.39 Å². The molecule has 0 aromatic heterocycles. The molecular weight excluding hydrogens is 296 g/mol. The molecule has 20 heavy (non-hydrogen) atoms. The van der Waals surface area contributed by atoms with Gasteiger partial charge in [-0.15, -0.1) is 0 Å². The number of benzene rings is 2. The van der Waals surface area contributed by atoms with E-state index in [0.29, 0.717) is 22.7 Å². The van der Waals surface area contributed by atoms with Crippen molar-refractivity contribution >= 4 is 11.6 Å². The summed E-state index contributed by atoms with van der Waals surface area (Å²) in [6, 6.07) is 8.50. The summed E-state index contributed by atoms with van der Waals surface area (Å²) in [5.41, 5.74) is -0.964. The number of hydrogen-bond donors (Lipinski definition) is 1. The van der Waals surface area contributed by atoms with Crippen LogP contribution in [0, 0.1) is 5.82 Å². The number of halogens is 5. The average molecular weight is 305 g/mol. The fourth-order valence-electron chi connectivity index (χ4n) is 1.80. The molecule has 2 aromatic rings. The van der Waals surface area contributed by atoms with E-state index in [0.717, 1.165) is 6.07 Å². The second-order valence-electron chi connectivity index (χ2n) is 4.19. The summed E-state index contributed by atoms with van der Waals surface area (Å²) < 4.78 is 50.8. The van der Waals surface area contributed by atoms with Gasteiger partial charge in [0.05, 0.1) is 5.56 Å². The zero-order valence-corrected chi connectivity index (χ0v) is 10.7. The van der Waals surface area contributed by atoms with Gasteiger partial charge in [-0.1, -0.05) is 29.8 Å². The summed E-state index contributed by atoms with van der Waals surface area (Å²) >= 11 is 5.76. The van der Waals surface area contributed by atoms with Crippen molar-refractivity contribution in [1.29, 1.82) is 0 Å². The lowest BCUT2D eigenvalue weighted by Gasteiger charge is -2.14. The van der Waals surface area contributed by atoms with Gasteiger partial charge in [0.25, 0.3) is 0 Å². The molecule has 1 nitrogen and oxygen atoms in total. The average Bonchev–Trinajstić information content (AvgIpc) is 2.36. The van der Waals surface area contributed by atoms with Gasteiger partial charge in [0.2, 0.25) is 0 Å². The Bertz CT molecular complexity index is 625. The second-order valence-corrected chi connectivity index (χ2v) is 4.63.